The van der Waals surface area contributed by atoms with Crippen molar-refractivity contribution in [3.63, 3.8) is 0 Å². The van der Waals surface area contributed by atoms with Gasteiger partial charge in [0.1, 0.15) is 0 Å². The van der Waals surface area contributed by atoms with Crippen LogP contribution in [-0.4, -0.2) is 122 Å². The molecule has 6 heterocycles. The molecule has 0 aliphatic carbocycles. The minimum absolute atomic E-state index is 0.103. The lowest BCUT2D eigenvalue weighted by Gasteiger charge is -2.11. The van der Waals surface area contributed by atoms with Crippen molar-refractivity contribution in [2.24, 2.45) is 4.99 Å². The van der Waals surface area contributed by atoms with Gasteiger partial charge in [-0.2, -0.15) is 11.8 Å². The molecule has 8 N–H and O–H groups in total. The van der Waals surface area contributed by atoms with Gasteiger partial charge in [-0.1, -0.05) is 89.5 Å². The molecule has 0 saturated carbocycles. The molecule has 0 aromatic heterocycles. The van der Waals surface area contributed by atoms with Crippen LogP contribution in [0.2, 0.25) is 0 Å². The molecule has 11 heteroatoms. The van der Waals surface area contributed by atoms with E-state index in [1.807, 2.05) is 101 Å². The predicted octanol–water partition coefficient (Wildman–Crippen LogP) is 5.11. The fourth-order valence-electron chi connectivity index (χ4n) is 3.42. The summed E-state index contributed by atoms with van der Waals surface area (Å²) in [6, 6.07) is 0. The molecule has 6 rings (SSSR count). The van der Waals surface area contributed by atoms with Crippen molar-refractivity contribution in [2.75, 3.05) is 110 Å². The fourth-order valence-corrected chi connectivity index (χ4v) is 4.21. The highest BCUT2D eigenvalue weighted by molar-refractivity contribution is 7.99. The van der Waals surface area contributed by atoms with Gasteiger partial charge in [0.25, 0.3) is 0 Å². The van der Waals surface area contributed by atoms with Crippen molar-refractivity contribution >= 4 is 23.9 Å². The first kappa shape index (κ1) is 58.4. The molecule has 1 amide bonds. The zero-order valence-corrected chi connectivity index (χ0v) is 34.7. The van der Waals surface area contributed by atoms with Gasteiger partial charge in [-0.25, -0.2) is 0 Å². The number of nitrogens with zero attached hydrogens (tertiary/aromatic N) is 1. The summed E-state index contributed by atoms with van der Waals surface area (Å²) in [5.41, 5.74) is 0. The summed E-state index contributed by atoms with van der Waals surface area (Å²) in [6.07, 6.45) is 8.87. The summed E-state index contributed by atoms with van der Waals surface area (Å²) in [7, 11) is 0. The van der Waals surface area contributed by atoms with Gasteiger partial charge in [-0.3, -0.25) is 15.1 Å². The largest absolute Gasteiger partial charge is 0.354 e. The van der Waals surface area contributed by atoms with E-state index in [9.17, 15) is 4.79 Å². The molecule has 0 aromatic carbocycles. The van der Waals surface area contributed by atoms with Gasteiger partial charge in [-0.05, 0) is 51.9 Å². The van der Waals surface area contributed by atoms with Crippen LogP contribution in [0.25, 0.3) is 0 Å². The van der Waals surface area contributed by atoms with Gasteiger partial charge in [0.05, 0.1) is 13.2 Å². The Morgan fingerprint density at radius 3 is 1.00 bits per heavy atom. The van der Waals surface area contributed by atoms with E-state index in [0.29, 0.717) is 6.54 Å². The van der Waals surface area contributed by atoms with Crippen molar-refractivity contribution in [2.45, 2.75) is 115 Å². The molecule has 0 atom stereocenters. The predicted molar refractivity (Wildman–Crippen MR) is 220 cm³/mol. The Hall–Kier alpha value is -0.790. The maximum absolute atomic E-state index is 10.3. The highest BCUT2D eigenvalue weighted by atomic mass is 32.2. The number of piperazine rings is 2. The van der Waals surface area contributed by atoms with Crippen LogP contribution in [0.1, 0.15) is 115 Å². The number of thioether (sulfide) groups is 1. The number of aliphatic imine (C=N–C) groups is 1. The van der Waals surface area contributed by atoms with Crippen LogP contribution in [0.3, 0.4) is 0 Å². The summed E-state index contributed by atoms with van der Waals surface area (Å²) in [4.78, 5) is 14.1. The Balaban J connectivity index is -0.000000101. The molecule has 47 heavy (non-hydrogen) atoms. The normalized spacial score (nSPS) is 17.9. The number of hydrogen-bond acceptors (Lipinski definition) is 10. The lowest BCUT2D eigenvalue weighted by atomic mass is 10.2. The number of hydrogen-bond donors (Lipinski definition) is 8. The second-order valence-electron chi connectivity index (χ2n) is 8.63. The standard InChI is InChI=1S/C5H11N.C4H8N2O.C4H10N2.C4H9NS.C4H9N.C3H6N2.6C2H6/c1-2-4-6-5-3-1;7-4-3-5-1-2-6-4;1-2-6-4-3-5-1;1-3-6-4-2-5-1;1-2-4-5-3-1;1-2-5-3-4-1;6*1-2/h6H,1-5H2;5H,1-3H2,(H,6,7);5-6H,1-4H2;5H,1-4H2;5H,1-4H2;1,5H,2-3H2;6*1-2H3. The van der Waals surface area contributed by atoms with Crippen molar-refractivity contribution in [1.29, 1.82) is 0 Å². The number of piperidine rings is 1. The third-order valence-electron chi connectivity index (χ3n) is 5.44. The van der Waals surface area contributed by atoms with Crippen LogP contribution in [0.4, 0.5) is 0 Å². The van der Waals surface area contributed by atoms with Gasteiger partial charge in [-0.15, -0.1) is 0 Å². The molecule has 6 aliphatic rings. The van der Waals surface area contributed by atoms with Crippen molar-refractivity contribution in [1.82, 2.24) is 42.5 Å². The van der Waals surface area contributed by atoms with E-state index in [-0.39, 0.29) is 5.91 Å². The van der Waals surface area contributed by atoms with Gasteiger partial charge >= 0.3 is 0 Å². The summed E-state index contributed by atoms with van der Waals surface area (Å²) in [6.45, 7) is 39.9. The highest BCUT2D eigenvalue weighted by Gasteiger charge is 2.03. The minimum Gasteiger partial charge on any atom is -0.354 e. The monoisotopic (exact) mass is 696 g/mol. The van der Waals surface area contributed by atoms with E-state index in [1.54, 1.807) is 0 Å². The molecule has 0 unspecified atom stereocenters. The van der Waals surface area contributed by atoms with Crippen LogP contribution >= 0.6 is 11.8 Å². The summed E-state index contributed by atoms with van der Waals surface area (Å²) >= 11 is 2.03. The number of rotatable bonds is 0. The summed E-state index contributed by atoms with van der Waals surface area (Å²) < 4.78 is 0. The molecule has 0 spiro atoms. The van der Waals surface area contributed by atoms with Crippen LogP contribution in [0, 0.1) is 0 Å². The van der Waals surface area contributed by atoms with E-state index >= 15 is 0 Å². The van der Waals surface area contributed by atoms with E-state index in [0.717, 1.165) is 52.5 Å². The Kier molecular flexibility index (Phi) is 88.6. The number of carbonyl (C=O) groups excluding carboxylic acids is 1. The number of amides is 1. The fraction of sp³-hybridized carbons (Fsp3) is 0.944. The van der Waals surface area contributed by atoms with Gasteiger partial charge in [0.2, 0.25) is 5.91 Å². The van der Waals surface area contributed by atoms with Gasteiger partial charge in [0, 0.05) is 76.6 Å². The highest BCUT2D eigenvalue weighted by Crippen LogP contribution is 1.99. The van der Waals surface area contributed by atoms with Crippen molar-refractivity contribution in [3.8, 4) is 0 Å². The Morgan fingerprint density at radius 1 is 0.468 bits per heavy atom. The number of carbonyl (C=O) groups is 1. The molecule has 10 nitrogen and oxygen atoms in total. The van der Waals surface area contributed by atoms with E-state index in [2.05, 4.69) is 47.5 Å². The molecule has 290 valence electrons. The minimum atomic E-state index is 0.103. The lowest BCUT2D eigenvalue weighted by Crippen LogP contribution is -2.44. The van der Waals surface area contributed by atoms with Gasteiger partial charge < -0.3 is 37.2 Å². The number of nitrogens with one attached hydrogen (secondary N) is 8. The molecule has 0 radical (unpaired) electrons. The molecular formula is C36H89N9OS. The molecule has 5 saturated heterocycles. The second kappa shape index (κ2) is 71.3. The molecule has 5 fully saturated rings. The van der Waals surface area contributed by atoms with Gasteiger partial charge in [0.15, 0.2) is 0 Å². The molecule has 0 aromatic rings. The zero-order chi connectivity index (χ0) is 36.9. The summed E-state index contributed by atoms with van der Waals surface area (Å²) in [5.74, 6) is 2.71. The van der Waals surface area contributed by atoms with Crippen LogP contribution < -0.4 is 42.5 Å². The summed E-state index contributed by atoms with van der Waals surface area (Å²) in [5, 5.41) is 24.8. The second-order valence-corrected chi connectivity index (χ2v) is 9.86. The molecule has 6 aliphatic heterocycles. The maximum Gasteiger partial charge on any atom is 0.234 e. The maximum atomic E-state index is 10.3. The zero-order valence-electron chi connectivity index (χ0n) is 33.9. The topological polar surface area (TPSA) is 126 Å². The Labute approximate surface area is 300 Å². The van der Waals surface area contributed by atoms with Crippen LogP contribution in [-0.2, 0) is 4.79 Å². The lowest BCUT2D eigenvalue weighted by molar-refractivity contribution is -0.121. The average Bonchev–Trinajstić information content (AvgIpc) is 4.01. The average molecular weight is 696 g/mol. The Morgan fingerprint density at radius 2 is 0.851 bits per heavy atom. The SMILES string of the molecule is C1=NCNC1.C1CCNC1.C1CCNCC1.C1CNCCN1.C1CSCCN1.CC.CC.CC.CC.CC.CC.O=C1CNCCN1. The molecular weight excluding hydrogens is 607 g/mol. The van der Waals surface area contributed by atoms with Crippen molar-refractivity contribution in [3.05, 3.63) is 0 Å². The third-order valence-corrected chi connectivity index (χ3v) is 6.43. The first-order valence-corrected chi connectivity index (χ1v) is 20.8. The van der Waals surface area contributed by atoms with E-state index < -0.39 is 0 Å². The molecule has 0 bridgehead atoms. The quantitative estimate of drug-likeness (QED) is 0.175. The first-order chi connectivity index (χ1) is 23.4. The van der Waals surface area contributed by atoms with E-state index in [4.69, 9.17) is 0 Å². The smallest absolute Gasteiger partial charge is 0.234 e. The Bertz CT molecular complexity index is 391. The van der Waals surface area contributed by atoms with E-state index in [1.165, 1.54) is 82.9 Å². The first-order valence-electron chi connectivity index (χ1n) is 19.7. The van der Waals surface area contributed by atoms with Crippen LogP contribution in [0.5, 0.6) is 0 Å². The third kappa shape index (κ3) is 68.1. The van der Waals surface area contributed by atoms with Crippen LogP contribution in [0.15, 0.2) is 4.99 Å². The van der Waals surface area contributed by atoms with Crippen molar-refractivity contribution < 1.29 is 4.79 Å².